The number of nitrogen functional groups attached to an aromatic ring is 1. The number of rotatable bonds is 3. The van der Waals surface area contributed by atoms with E-state index in [0.717, 1.165) is 29.2 Å². The van der Waals surface area contributed by atoms with Gasteiger partial charge in [0, 0.05) is 18.1 Å². The Morgan fingerprint density at radius 1 is 1.17 bits per heavy atom. The van der Waals surface area contributed by atoms with Crippen molar-refractivity contribution >= 4 is 28.4 Å². The van der Waals surface area contributed by atoms with E-state index in [1.807, 2.05) is 6.07 Å². The van der Waals surface area contributed by atoms with Gasteiger partial charge in [0.2, 0.25) is 5.88 Å². The number of aromatic nitrogens is 4. The number of hydrogen-bond acceptors (Lipinski definition) is 6. The summed E-state index contributed by atoms with van der Waals surface area (Å²) in [5.74, 6) is 0.820. The van der Waals surface area contributed by atoms with E-state index in [4.69, 9.17) is 15.5 Å². The lowest BCUT2D eigenvalue weighted by atomic mass is 9.89. The standard InChI is InChI=1S/C21H24N6O2/c22-18-17-20(25-13-24-18)29-9-8-27(21(17)28)16-10-15-6-7-26(19(15)23-11-16)12-14-4-2-1-3-5-14/h6-7,10-11,13-14H,1-5,8-9,12H2,(H2,22,24,25). The Morgan fingerprint density at radius 2 is 2.03 bits per heavy atom. The highest BCUT2D eigenvalue weighted by atomic mass is 16.5. The first-order chi connectivity index (χ1) is 14.2. The maximum Gasteiger partial charge on any atom is 0.267 e. The molecular weight excluding hydrogens is 368 g/mol. The smallest absolute Gasteiger partial charge is 0.267 e. The molecule has 29 heavy (non-hydrogen) atoms. The molecular formula is C21H24N6O2. The summed E-state index contributed by atoms with van der Waals surface area (Å²) in [7, 11) is 0. The maximum atomic E-state index is 13.1. The molecule has 1 fully saturated rings. The number of nitrogens with two attached hydrogens (primary N) is 1. The first-order valence-corrected chi connectivity index (χ1v) is 10.2. The number of hydrogen-bond donors (Lipinski definition) is 1. The normalized spacial score (nSPS) is 17.8. The van der Waals surface area contributed by atoms with Crippen molar-refractivity contribution in [1.82, 2.24) is 19.5 Å². The van der Waals surface area contributed by atoms with Gasteiger partial charge >= 0.3 is 0 Å². The average Bonchev–Trinajstić information content (AvgIpc) is 3.04. The zero-order valence-electron chi connectivity index (χ0n) is 16.3. The molecule has 2 aliphatic rings. The fraction of sp³-hybridized carbons (Fsp3) is 0.429. The van der Waals surface area contributed by atoms with E-state index in [1.54, 1.807) is 11.1 Å². The summed E-state index contributed by atoms with van der Waals surface area (Å²) in [6, 6.07) is 4.07. The van der Waals surface area contributed by atoms with Crippen LogP contribution in [0.3, 0.4) is 0 Å². The van der Waals surface area contributed by atoms with E-state index in [2.05, 4.69) is 26.8 Å². The Kier molecular flexibility index (Phi) is 4.54. The summed E-state index contributed by atoms with van der Waals surface area (Å²) in [5, 5.41) is 1.02. The first kappa shape index (κ1) is 17.9. The molecule has 1 aliphatic carbocycles. The molecule has 8 nitrogen and oxygen atoms in total. The molecule has 0 saturated heterocycles. The van der Waals surface area contributed by atoms with Gasteiger partial charge in [0.15, 0.2) is 0 Å². The largest absolute Gasteiger partial charge is 0.475 e. The second-order valence-electron chi connectivity index (χ2n) is 7.82. The first-order valence-electron chi connectivity index (χ1n) is 10.2. The lowest BCUT2D eigenvalue weighted by Crippen LogP contribution is -2.32. The van der Waals surface area contributed by atoms with Gasteiger partial charge in [0.1, 0.15) is 30.0 Å². The quantitative estimate of drug-likeness (QED) is 0.735. The van der Waals surface area contributed by atoms with Crippen molar-refractivity contribution in [2.75, 3.05) is 23.8 Å². The van der Waals surface area contributed by atoms with Crippen molar-refractivity contribution in [3.63, 3.8) is 0 Å². The van der Waals surface area contributed by atoms with E-state index in [0.29, 0.717) is 13.2 Å². The van der Waals surface area contributed by atoms with Crippen molar-refractivity contribution < 1.29 is 9.53 Å². The summed E-state index contributed by atoms with van der Waals surface area (Å²) in [6.45, 7) is 1.73. The molecule has 4 heterocycles. The van der Waals surface area contributed by atoms with Crippen molar-refractivity contribution in [3.05, 3.63) is 36.4 Å². The summed E-state index contributed by atoms with van der Waals surface area (Å²) < 4.78 is 7.85. The molecule has 5 rings (SSSR count). The number of carbonyl (C=O) groups is 1. The molecule has 0 bridgehead atoms. The van der Waals surface area contributed by atoms with Crippen LogP contribution in [0.15, 0.2) is 30.9 Å². The third kappa shape index (κ3) is 3.28. The van der Waals surface area contributed by atoms with E-state index < -0.39 is 0 Å². The van der Waals surface area contributed by atoms with Gasteiger partial charge in [-0.15, -0.1) is 0 Å². The van der Waals surface area contributed by atoms with E-state index in [-0.39, 0.29) is 23.2 Å². The van der Waals surface area contributed by atoms with Crippen LogP contribution in [0, 0.1) is 5.92 Å². The number of fused-ring (bicyclic) bond motifs is 2. The zero-order valence-corrected chi connectivity index (χ0v) is 16.3. The molecule has 1 aliphatic heterocycles. The summed E-state index contributed by atoms with van der Waals surface area (Å²) in [6.07, 6.45) is 11.8. The number of amides is 1. The monoisotopic (exact) mass is 392 g/mol. The fourth-order valence-electron chi connectivity index (χ4n) is 4.42. The van der Waals surface area contributed by atoms with Crippen LogP contribution in [0.1, 0.15) is 42.5 Å². The van der Waals surface area contributed by atoms with E-state index in [9.17, 15) is 4.79 Å². The molecule has 0 aromatic carbocycles. The number of ether oxygens (including phenoxy) is 1. The Bertz CT molecular complexity index is 1060. The van der Waals surface area contributed by atoms with Crippen molar-refractivity contribution in [2.24, 2.45) is 5.92 Å². The van der Waals surface area contributed by atoms with Crippen LogP contribution in [0.5, 0.6) is 5.88 Å². The summed E-state index contributed by atoms with van der Waals surface area (Å²) in [5.41, 5.74) is 7.81. The molecule has 2 N–H and O–H groups in total. The van der Waals surface area contributed by atoms with Crippen LogP contribution in [0.2, 0.25) is 0 Å². The minimum Gasteiger partial charge on any atom is -0.475 e. The van der Waals surface area contributed by atoms with Gasteiger partial charge in [-0.25, -0.2) is 15.0 Å². The Morgan fingerprint density at radius 3 is 2.90 bits per heavy atom. The van der Waals surface area contributed by atoms with Crippen molar-refractivity contribution in [3.8, 4) is 5.88 Å². The average molecular weight is 392 g/mol. The number of nitrogens with zero attached hydrogens (tertiary/aromatic N) is 5. The second-order valence-corrected chi connectivity index (χ2v) is 7.82. The van der Waals surface area contributed by atoms with Crippen LogP contribution in [0.25, 0.3) is 11.0 Å². The van der Waals surface area contributed by atoms with Crippen LogP contribution in [-0.4, -0.2) is 38.6 Å². The Labute approximate surface area is 168 Å². The van der Waals surface area contributed by atoms with Gasteiger partial charge in [-0.1, -0.05) is 19.3 Å². The van der Waals surface area contributed by atoms with E-state index in [1.165, 1.54) is 38.4 Å². The lowest BCUT2D eigenvalue weighted by Gasteiger charge is -2.22. The molecule has 1 saturated carbocycles. The predicted octanol–water partition coefficient (Wildman–Crippen LogP) is 3.03. The molecule has 0 spiro atoms. The molecule has 0 radical (unpaired) electrons. The van der Waals surface area contributed by atoms with Crippen LogP contribution in [-0.2, 0) is 6.54 Å². The van der Waals surface area contributed by atoms with Gasteiger partial charge < -0.3 is 19.9 Å². The Hall–Kier alpha value is -3.16. The third-order valence-corrected chi connectivity index (χ3v) is 5.93. The third-order valence-electron chi connectivity index (χ3n) is 5.93. The minimum absolute atomic E-state index is 0.125. The lowest BCUT2D eigenvalue weighted by molar-refractivity contribution is 0.0990. The maximum absolute atomic E-state index is 13.1. The molecule has 1 amide bonds. The fourth-order valence-corrected chi connectivity index (χ4v) is 4.42. The number of pyridine rings is 1. The van der Waals surface area contributed by atoms with Crippen molar-refractivity contribution in [2.45, 2.75) is 38.6 Å². The van der Waals surface area contributed by atoms with Gasteiger partial charge in [-0.05, 0) is 30.9 Å². The zero-order chi connectivity index (χ0) is 19.8. The van der Waals surface area contributed by atoms with Gasteiger partial charge in [0.05, 0.1) is 18.4 Å². The second kappa shape index (κ2) is 7.35. The highest BCUT2D eigenvalue weighted by Gasteiger charge is 2.29. The molecule has 8 heteroatoms. The van der Waals surface area contributed by atoms with Gasteiger partial charge in [0.25, 0.3) is 5.91 Å². The summed E-state index contributed by atoms with van der Waals surface area (Å²) in [4.78, 5) is 27.4. The molecule has 3 aromatic rings. The number of anilines is 2. The topological polar surface area (TPSA) is 99.2 Å². The SMILES string of the molecule is Nc1ncnc2c1C(=O)N(c1cnc3c(ccn3CC3CCCCC3)c1)CCO2. The Balaban J connectivity index is 1.44. The van der Waals surface area contributed by atoms with Crippen LogP contribution < -0.4 is 15.4 Å². The summed E-state index contributed by atoms with van der Waals surface area (Å²) >= 11 is 0. The molecule has 0 unspecified atom stereocenters. The highest BCUT2D eigenvalue weighted by Crippen LogP contribution is 2.30. The van der Waals surface area contributed by atoms with Crippen LogP contribution >= 0.6 is 0 Å². The molecule has 3 aromatic heterocycles. The van der Waals surface area contributed by atoms with Gasteiger partial charge in [-0.3, -0.25) is 4.79 Å². The molecule has 150 valence electrons. The van der Waals surface area contributed by atoms with E-state index >= 15 is 0 Å². The van der Waals surface area contributed by atoms with Gasteiger partial charge in [-0.2, -0.15) is 0 Å². The number of carbonyl (C=O) groups excluding carboxylic acids is 1. The minimum atomic E-state index is -0.265. The predicted molar refractivity (Wildman–Crippen MR) is 110 cm³/mol. The van der Waals surface area contributed by atoms with Crippen molar-refractivity contribution in [1.29, 1.82) is 0 Å². The highest BCUT2D eigenvalue weighted by molar-refractivity contribution is 6.11. The molecule has 0 atom stereocenters. The van der Waals surface area contributed by atoms with Crippen LogP contribution in [0.4, 0.5) is 11.5 Å².